The molecule has 2 heterocycles. The fourth-order valence-electron chi connectivity index (χ4n) is 2.52. The van der Waals surface area contributed by atoms with E-state index < -0.39 is 0 Å². The molecule has 0 bridgehead atoms. The molecule has 3 nitrogen and oxygen atoms in total. The summed E-state index contributed by atoms with van der Waals surface area (Å²) < 4.78 is 2.16. The molecule has 0 spiro atoms. The van der Waals surface area contributed by atoms with Crippen LogP contribution in [0.1, 0.15) is 29.0 Å². The van der Waals surface area contributed by atoms with Crippen LogP contribution in [-0.2, 0) is 0 Å². The van der Waals surface area contributed by atoms with Crippen LogP contribution >= 0.6 is 0 Å². The van der Waals surface area contributed by atoms with Gasteiger partial charge in [-0.1, -0.05) is 18.2 Å². The molecule has 2 aromatic rings. The normalized spacial score (nSPS) is 19.6. The third kappa shape index (κ3) is 1.11. The Hall–Kier alpha value is -1.77. The second-order valence-corrected chi connectivity index (χ2v) is 4.47. The zero-order valence-corrected chi connectivity index (χ0v) is 9.45. The summed E-state index contributed by atoms with van der Waals surface area (Å²) in [7, 11) is 0. The van der Waals surface area contributed by atoms with Crippen LogP contribution in [0.4, 0.5) is 0 Å². The van der Waals surface area contributed by atoms with E-state index in [1.165, 1.54) is 11.1 Å². The number of carbonyl (C=O) groups excluding carboxylic acids is 1. The molecule has 3 rings (SSSR count). The molecule has 1 amide bonds. The smallest absolute Gasteiger partial charge is 0.268 e. The van der Waals surface area contributed by atoms with Gasteiger partial charge in [0.2, 0.25) is 0 Å². The van der Waals surface area contributed by atoms with Gasteiger partial charge in [0, 0.05) is 18.0 Å². The highest BCUT2D eigenvalue weighted by atomic mass is 16.2. The maximum absolute atomic E-state index is 11.8. The van der Waals surface area contributed by atoms with Crippen LogP contribution in [0.15, 0.2) is 24.3 Å². The van der Waals surface area contributed by atoms with Crippen molar-refractivity contribution in [2.24, 2.45) is 0 Å². The van der Waals surface area contributed by atoms with E-state index in [-0.39, 0.29) is 5.91 Å². The van der Waals surface area contributed by atoms with Gasteiger partial charge < -0.3 is 9.88 Å². The molecule has 82 valence electrons. The van der Waals surface area contributed by atoms with Gasteiger partial charge in [-0.3, -0.25) is 4.79 Å². The number of nitrogens with one attached hydrogen (secondary N) is 1. The third-order valence-electron chi connectivity index (χ3n) is 3.29. The summed E-state index contributed by atoms with van der Waals surface area (Å²) in [4.78, 5) is 11.8. The summed E-state index contributed by atoms with van der Waals surface area (Å²) in [5, 5.41) is 4.06. The summed E-state index contributed by atoms with van der Waals surface area (Å²) in [6.07, 6.45) is 0. The van der Waals surface area contributed by atoms with Crippen LogP contribution in [0.5, 0.6) is 0 Å². The van der Waals surface area contributed by atoms with Gasteiger partial charge in [0.1, 0.15) is 5.69 Å². The van der Waals surface area contributed by atoms with Crippen molar-refractivity contribution in [1.29, 1.82) is 0 Å². The molecular weight excluding hydrogens is 200 g/mol. The zero-order chi connectivity index (χ0) is 11.3. The summed E-state index contributed by atoms with van der Waals surface area (Å²) in [6.45, 7) is 4.94. The van der Waals surface area contributed by atoms with Crippen LogP contribution in [-0.4, -0.2) is 17.0 Å². The summed E-state index contributed by atoms with van der Waals surface area (Å²) in [5.74, 6) is 0.0358. The van der Waals surface area contributed by atoms with Crippen LogP contribution in [0.3, 0.4) is 0 Å². The van der Waals surface area contributed by atoms with Crippen LogP contribution in [0.25, 0.3) is 10.9 Å². The van der Waals surface area contributed by atoms with E-state index in [0.717, 1.165) is 11.1 Å². The molecule has 1 aliphatic rings. The standard InChI is InChI=1S/C13H14N2O/c1-8-4-3-5-10-6-11-13(16)14-7-9(2)15(11)12(8)10/h3-6,9H,7H2,1-2H3,(H,14,16). The minimum atomic E-state index is 0.0358. The minimum absolute atomic E-state index is 0.0358. The van der Waals surface area contributed by atoms with Crippen molar-refractivity contribution in [3.63, 3.8) is 0 Å². The Morgan fingerprint density at radius 3 is 3.06 bits per heavy atom. The lowest BCUT2D eigenvalue weighted by Gasteiger charge is -2.24. The Labute approximate surface area is 94.1 Å². The molecule has 1 aromatic carbocycles. The van der Waals surface area contributed by atoms with Gasteiger partial charge in [-0.15, -0.1) is 0 Å². The number of benzene rings is 1. The summed E-state index contributed by atoms with van der Waals surface area (Å²) >= 11 is 0. The molecule has 1 N–H and O–H groups in total. The molecule has 16 heavy (non-hydrogen) atoms. The third-order valence-corrected chi connectivity index (χ3v) is 3.29. The molecule has 0 radical (unpaired) electrons. The van der Waals surface area contributed by atoms with Gasteiger partial charge in [0.15, 0.2) is 0 Å². The van der Waals surface area contributed by atoms with E-state index in [9.17, 15) is 4.79 Å². The van der Waals surface area contributed by atoms with Crippen molar-refractivity contribution in [3.05, 3.63) is 35.5 Å². The van der Waals surface area contributed by atoms with Crippen molar-refractivity contribution in [2.75, 3.05) is 6.54 Å². The van der Waals surface area contributed by atoms with Crippen LogP contribution in [0, 0.1) is 6.92 Å². The van der Waals surface area contributed by atoms with Crippen molar-refractivity contribution in [3.8, 4) is 0 Å². The Morgan fingerprint density at radius 1 is 1.44 bits per heavy atom. The quantitative estimate of drug-likeness (QED) is 0.717. The maximum Gasteiger partial charge on any atom is 0.268 e. The maximum atomic E-state index is 11.8. The van der Waals surface area contributed by atoms with Gasteiger partial charge in [-0.2, -0.15) is 0 Å². The van der Waals surface area contributed by atoms with E-state index in [0.29, 0.717) is 12.6 Å². The van der Waals surface area contributed by atoms with E-state index >= 15 is 0 Å². The lowest BCUT2D eigenvalue weighted by atomic mass is 10.1. The number of amides is 1. The molecule has 0 saturated carbocycles. The second-order valence-electron chi connectivity index (χ2n) is 4.47. The van der Waals surface area contributed by atoms with Crippen molar-refractivity contribution >= 4 is 16.8 Å². The predicted molar refractivity (Wildman–Crippen MR) is 63.7 cm³/mol. The van der Waals surface area contributed by atoms with E-state index in [4.69, 9.17) is 0 Å². The second kappa shape index (κ2) is 3.11. The van der Waals surface area contributed by atoms with Gasteiger partial charge in [-0.25, -0.2) is 0 Å². The average molecular weight is 214 g/mol. The predicted octanol–water partition coefficient (Wildman–Crippen LogP) is 2.25. The zero-order valence-electron chi connectivity index (χ0n) is 9.45. The van der Waals surface area contributed by atoms with Gasteiger partial charge in [-0.05, 0) is 25.5 Å². The topological polar surface area (TPSA) is 34.0 Å². The molecule has 0 aliphatic carbocycles. The van der Waals surface area contributed by atoms with Gasteiger partial charge in [0.25, 0.3) is 5.91 Å². The molecule has 1 aliphatic heterocycles. The van der Waals surface area contributed by atoms with Gasteiger partial charge in [0.05, 0.1) is 5.52 Å². The SMILES string of the molecule is Cc1cccc2cc3n(c12)C(C)CNC3=O. The molecule has 0 saturated heterocycles. The highest BCUT2D eigenvalue weighted by Gasteiger charge is 2.24. The monoisotopic (exact) mass is 214 g/mol. The number of nitrogens with zero attached hydrogens (tertiary/aromatic N) is 1. The van der Waals surface area contributed by atoms with Crippen molar-refractivity contribution in [2.45, 2.75) is 19.9 Å². The average Bonchev–Trinajstić information content (AvgIpc) is 2.65. The van der Waals surface area contributed by atoms with Crippen molar-refractivity contribution < 1.29 is 4.79 Å². The Kier molecular flexibility index (Phi) is 1.84. The number of fused-ring (bicyclic) bond motifs is 3. The molecular formula is C13H14N2O. The van der Waals surface area contributed by atoms with Crippen LogP contribution < -0.4 is 5.32 Å². The highest BCUT2D eigenvalue weighted by Crippen LogP contribution is 2.28. The van der Waals surface area contributed by atoms with Gasteiger partial charge >= 0.3 is 0 Å². The number of para-hydroxylation sites is 1. The highest BCUT2D eigenvalue weighted by molar-refractivity contribution is 6.00. The van der Waals surface area contributed by atoms with E-state index in [1.54, 1.807) is 0 Å². The first-order chi connectivity index (χ1) is 7.68. The number of carbonyl (C=O) groups is 1. The number of aromatic nitrogens is 1. The Balaban J connectivity index is 2.43. The molecule has 1 unspecified atom stereocenters. The number of rotatable bonds is 0. The molecule has 0 fully saturated rings. The fraction of sp³-hybridized carbons (Fsp3) is 0.308. The number of aryl methyl sites for hydroxylation is 1. The largest absolute Gasteiger partial charge is 0.349 e. The fourth-order valence-corrected chi connectivity index (χ4v) is 2.52. The lowest BCUT2D eigenvalue weighted by Crippen LogP contribution is -2.37. The first kappa shape index (κ1) is 9.46. The molecule has 3 heteroatoms. The van der Waals surface area contributed by atoms with E-state index in [1.807, 2.05) is 12.1 Å². The molecule has 1 atom stereocenters. The minimum Gasteiger partial charge on any atom is -0.349 e. The Morgan fingerprint density at radius 2 is 2.25 bits per heavy atom. The number of hydrogen-bond donors (Lipinski definition) is 1. The molecule has 1 aromatic heterocycles. The Bertz CT molecular complexity index is 583. The van der Waals surface area contributed by atoms with Crippen LogP contribution in [0.2, 0.25) is 0 Å². The van der Waals surface area contributed by atoms with E-state index in [2.05, 4.69) is 35.9 Å². The van der Waals surface area contributed by atoms with Crippen molar-refractivity contribution in [1.82, 2.24) is 9.88 Å². The first-order valence-electron chi connectivity index (χ1n) is 5.57. The summed E-state index contributed by atoms with van der Waals surface area (Å²) in [6, 6.07) is 8.49. The lowest BCUT2D eigenvalue weighted by molar-refractivity contribution is 0.0919. The number of hydrogen-bond acceptors (Lipinski definition) is 1. The first-order valence-corrected chi connectivity index (χ1v) is 5.57. The summed E-state index contributed by atoms with van der Waals surface area (Å²) in [5.41, 5.74) is 3.20.